The Morgan fingerprint density at radius 1 is 1.27 bits per heavy atom. The van der Waals surface area contributed by atoms with Gasteiger partial charge in [-0.3, -0.25) is 4.79 Å². The van der Waals surface area contributed by atoms with Crippen LogP contribution in [0.3, 0.4) is 0 Å². The Labute approximate surface area is 193 Å². The Morgan fingerprint density at radius 2 is 2.06 bits per heavy atom. The summed E-state index contributed by atoms with van der Waals surface area (Å²) >= 11 is 0. The van der Waals surface area contributed by atoms with Crippen LogP contribution in [0.1, 0.15) is 84.5 Å². The minimum absolute atomic E-state index is 0.0363. The fourth-order valence-electron chi connectivity index (χ4n) is 4.80. The van der Waals surface area contributed by atoms with Gasteiger partial charge in [0.05, 0.1) is 16.8 Å². The van der Waals surface area contributed by atoms with Gasteiger partial charge in [-0.05, 0) is 74.3 Å². The molecule has 0 bridgehead atoms. The molecule has 1 aliphatic carbocycles. The third kappa shape index (κ3) is 3.79. The predicted molar refractivity (Wildman–Crippen MR) is 126 cm³/mol. The molecule has 2 fully saturated rings. The first-order valence-electron chi connectivity index (χ1n) is 11.6. The van der Waals surface area contributed by atoms with E-state index < -0.39 is 0 Å². The van der Waals surface area contributed by atoms with Gasteiger partial charge in [0.25, 0.3) is 5.91 Å². The molecule has 2 atom stereocenters. The first kappa shape index (κ1) is 21.6. The van der Waals surface area contributed by atoms with Crippen molar-refractivity contribution in [1.82, 2.24) is 14.8 Å². The number of hydrogen-bond acceptors (Lipinski definition) is 5. The summed E-state index contributed by atoms with van der Waals surface area (Å²) in [6, 6.07) is 8.08. The molecule has 2 aliphatic rings. The lowest BCUT2D eigenvalue weighted by molar-refractivity contribution is -0.0369. The smallest absolute Gasteiger partial charge is 0.274 e. The number of nitrogens with zero attached hydrogens (tertiary/aromatic N) is 4. The molecule has 3 heterocycles. The molecule has 33 heavy (non-hydrogen) atoms. The van der Waals surface area contributed by atoms with Gasteiger partial charge in [-0.1, -0.05) is 13.8 Å². The van der Waals surface area contributed by atoms with E-state index in [0.29, 0.717) is 22.9 Å². The minimum atomic E-state index is -0.282. The fraction of sp³-hybridized carbons (Fsp3) is 0.462. The number of hydrogen-bond donors (Lipinski definition) is 1. The number of aromatic nitrogens is 3. The van der Waals surface area contributed by atoms with E-state index in [4.69, 9.17) is 9.84 Å². The van der Waals surface area contributed by atoms with E-state index in [1.54, 1.807) is 0 Å². The molecule has 0 radical (unpaired) electrons. The summed E-state index contributed by atoms with van der Waals surface area (Å²) in [7, 11) is 0. The Bertz CT molecular complexity index is 1290. The van der Waals surface area contributed by atoms with Gasteiger partial charge < -0.3 is 10.1 Å². The number of nitrogens with one attached hydrogen (secondary N) is 1. The first-order valence-corrected chi connectivity index (χ1v) is 11.6. The lowest BCUT2D eigenvalue weighted by atomic mass is 10.0. The van der Waals surface area contributed by atoms with E-state index in [1.165, 1.54) is 6.20 Å². The van der Waals surface area contributed by atoms with E-state index >= 15 is 0 Å². The number of rotatable bonds is 4. The van der Waals surface area contributed by atoms with E-state index in [1.807, 2.05) is 36.7 Å². The fourth-order valence-corrected chi connectivity index (χ4v) is 4.80. The van der Waals surface area contributed by atoms with Crippen LogP contribution in [0.15, 0.2) is 24.4 Å². The molecule has 2 aromatic heterocycles. The van der Waals surface area contributed by atoms with Gasteiger partial charge in [0.2, 0.25) is 0 Å². The summed E-state index contributed by atoms with van der Waals surface area (Å²) < 4.78 is 8.07. The van der Waals surface area contributed by atoms with Gasteiger partial charge in [0.1, 0.15) is 11.8 Å². The summed E-state index contributed by atoms with van der Waals surface area (Å²) in [5.74, 6) is 0.122. The number of nitriles is 1. The van der Waals surface area contributed by atoms with E-state index in [-0.39, 0.29) is 17.6 Å². The van der Waals surface area contributed by atoms with Gasteiger partial charge in [-0.15, -0.1) is 0 Å². The van der Waals surface area contributed by atoms with Crippen LogP contribution >= 0.6 is 0 Å². The summed E-state index contributed by atoms with van der Waals surface area (Å²) in [4.78, 5) is 17.3. The van der Waals surface area contributed by atoms with Crippen molar-refractivity contribution in [3.63, 3.8) is 0 Å². The van der Waals surface area contributed by atoms with Crippen molar-refractivity contribution in [3.05, 3.63) is 52.5 Å². The quantitative estimate of drug-likeness (QED) is 0.584. The molecule has 1 saturated carbocycles. The molecule has 2 unspecified atom stereocenters. The van der Waals surface area contributed by atoms with Gasteiger partial charge in [-0.2, -0.15) is 10.4 Å². The normalized spacial score (nSPS) is 21.5. The highest BCUT2D eigenvalue weighted by atomic mass is 16.5. The summed E-state index contributed by atoms with van der Waals surface area (Å²) in [6.07, 6.45) is 5.73. The molecule has 3 aromatic rings. The molecule has 7 nitrogen and oxygen atoms in total. The molecule has 1 saturated heterocycles. The number of fused-ring (bicyclic) bond motifs is 1. The number of amides is 1. The van der Waals surface area contributed by atoms with Crippen molar-refractivity contribution < 1.29 is 9.53 Å². The van der Waals surface area contributed by atoms with Crippen LogP contribution in [-0.4, -0.2) is 27.3 Å². The third-order valence-corrected chi connectivity index (χ3v) is 7.24. The van der Waals surface area contributed by atoms with E-state index in [2.05, 4.69) is 30.2 Å². The lowest BCUT2D eigenvalue weighted by Crippen LogP contribution is -2.19. The summed E-state index contributed by atoms with van der Waals surface area (Å²) in [6.45, 7) is 8.97. The molecule has 1 aliphatic heterocycles. The third-order valence-electron chi connectivity index (χ3n) is 7.24. The van der Waals surface area contributed by atoms with Crippen molar-refractivity contribution >= 4 is 22.5 Å². The predicted octanol–water partition coefficient (Wildman–Crippen LogP) is 5.38. The van der Waals surface area contributed by atoms with Crippen LogP contribution in [0.4, 0.5) is 5.69 Å². The largest absolute Gasteiger partial charge is 0.356 e. The standard InChI is InChI=1S/C26H29N5O2/c1-15-16(2)23(28-14-17(15)13-27)25(32)29-18-8-9-21-19(11-18)24(20-12-26(20,3)4)30-31(21)22-7-5-6-10-33-22/h8-9,11,14,20,22H,5-7,10,12H2,1-4H3,(H,29,32). The van der Waals surface area contributed by atoms with Crippen LogP contribution in [-0.2, 0) is 4.74 Å². The van der Waals surface area contributed by atoms with E-state index in [9.17, 15) is 10.1 Å². The Morgan fingerprint density at radius 3 is 2.73 bits per heavy atom. The van der Waals surface area contributed by atoms with Crippen LogP contribution in [0.5, 0.6) is 0 Å². The molecule has 0 spiro atoms. The van der Waals surface area contributed by atoms with Crippen LogP contribution < -0.4 is 5.32 Å². The minimum Gasteiger partial charge on any atom is -0.356 e. The topological polar surface area (TPSA) is 92.8 Å². The Kier molecular flexibility index (Phi) is 5.21. The van der Waals surface area contributed by atoms with Crippen molar-refractivity contribution in [2.75, 3.05) is 11.9 Å². The van der Waals surface area contributed by atoms with E-state index in [0.717, 1.165) is 60.0 Å². The number of carbonyl (C=O) groups excluding carboxylic acids is 1. The molecule has 170 valence electrons. The van der Waals surface area contributed by atoms with Crippen molar-refractivity contribution in [2.24, 2.45) is 5.41 Å². The lowest BCUT2D eigenvalue weighted by Gasteiger charge is -2.23. The maximum atomic E-state index is 13.0. The summed E-state index contributed by atoms with van der Waals surface area (Å²) in [5.41, 5.74) is 5.39. The highest BCUT2D eigenvalue weighted by Crippen LogP contribution is 2.59. The molecule has 1 aromatic carbocycles. The van der Waals surface area contributed by atoms with Crippen LogP contribution in [0.25, 0.3) is 10.9 Å². The van der Waals surface area contributed by atoms with Gasteiger partial charge in [0, 0.05) is 29.8 Å². The van der Waals surface area contributed by atoms with Crippen molar-refractivity contribution in [2.45, 2.75) is 65.5 Å². The number of ether oxygens (including phenoxy) is 1. The highest BCUT2D eigenvalue weighted by Gasteiger charge is 2.49. The van der Waals surface area contributed by atoms with Gasteiger partial charge >= 0.3 is 0 Å². The maximum Gasteiger partial charge on any atom is 0.274 e. The molecule has 1 amide bonds. The number of carbonyl (C=O) groups is 1. The zero-order valence-corrected chi connectivity index (χ0v) is 19.6. The zero-order chi connectivity index (χ0) is 23.3. The maximum absolute atomic E-state index is 13.0. The monoisotopic (exact) mass is 443 g/mol. The molecule has 7 heteroatoms. The second kappa shape index (κ2) is 7.96. The van der Waals surface area contributed by atoms with Gasteiger partial charge in [0.15, 0.2) is 6.23 Å². The first-order chi connectivity index (χ1) is 15.8. The molecule has 5 rings (SSSR count). The second-order valence-electron chi connectivity index (χ2n) is 9.96. The number of anilines is 1. The average molecular weight is 444 g/mol. The molecular weight excluding hydrogens is 414 g/mol. The summed E-state index contributed by atoms with van der Waals surface area (Å²) in [5, 5.41) is 18.3. The Balaban J connectivity index is 1.50. The van der Waals surface area contributed by atoms with Crippen molar-refractivity contribution in [1.29, 1.82) is 5.26 Å². The van der Waals surface area contributed by atoms with Gasteiger partial charge in [-0.25, -0.2) is 9.67 Å². The second-order valence-corrected chi connectivity index (χ2v) is 9.96. The van der Waals surface area contributed by atoms with Crippen LogP contribution in [0.2, 0.25) is 0 Å². The Hall–Kier alpha value is -3.24. The highest BCUT2D eigenvalue weighted by molar-refractivity contribution is 6.05. The molecular formula is C26H29N5O2. The number of benzene rings is 1. The SMILES string of the molecule is Cc1c(C#N)cnc(C(=O)Nc2ccc3c(c2)c(C2CC2(C)C)nn3C2CCCCO2)c1C. The average Bonchev–Trinajstić information content (AvgIpc) is 3.28. The molecule has 1 N–H and O–H groups in total. The van der Waals surface area contributed by atoms with Crippen molar-refractivity contribution in [3.8, 4) is 6.07 Å². The van der Waals surface area contributed by atoms with Crippen LogP contribution in [0, 0.1) is 30.6 Å². The zero-order valence-electron chi connectivity index (χ0n) is 19.6. The number of pyridine rings is 1.